The molecule has 0 radical (unpaired) electrons. The second kappa shape index (κ2) is 39.2. The summed E-state index contributed by atoms with van der Waals surface area (Å²) in [6, 6.07) is -0.536. The van der Waals surface area contributed by atoms with Crippen LogP contribution in [0.2, 0.25) is 0 Å². The number of esters is 3. The van der Waals surface area contributed by atoms with Crippen molar-refractivity contribution in [3.63, 3.8) is 0 Å². The first kappa shape index (κ1) is 57.7. The molecule has 1 aliphatic heterocycles. The number of rotatable bonds is 33. The molecule has 0 saturated carbocycles. The van der Waals surface area contributed by atoms with Crippen molar-refractivity contribution in [1.29, 1.82) is 0 Å². The van der Waals surface area contributed by atoms with Crippen LogP contribution in [0.1, 0.15) is 169 Å². The summed E-state index contributed by atoms with van der Waals surface area (Å²) in [5.41, 5.74) is 0. The van der Waals surface area contributed by atoms with Crippen LogP contribution >= 0.6 is 0 Å². The Bertz CT molecular complexity index is 1040. The number of hydrogen-bond acceptors (Lipinski definition) is 9. The van der Waals surface area contributed by atoms with Crippen molar-refractivity contribution in [3.8, 4) is 0 Å². The monoisotopic (exact) mass is 963 g/mol. The number of allylic oxidation sites excluding steroid dienone is 2. The smallest absolute Gasteiger partial charge is 0.306 e. The van der Waals surface area contributed by atoms with Crippen molar-refractivity contribution in [2.24, 2.45) is 5.92 Å². The van der Waals surface area contributed by atoms with E-state index in [1.807, 2.05) is 0 Å². The van der Waals surface area contributed by atoms with Crippen LogP contribution in [-0.2, 0) is 63.9 Å². The van der Waals surface area contributed by atoms with E-state index in [1.165, 1.54) is 84.0 Å². The Morgan fingerprint density at radius 3 is 1.52 bits per heavy atom. The fourth-order valence-corrected chi connectivity index (χ4v) is 6.25. The zero-order valence-corrected chi connectivity index (χ0v) is 39.1. The summed E-state index contributed by atoms with van der Waals surface area (Å²) in [6.45, 7) is 23.8. The molecule has 3 unspecified atom stereocenters. The Kier molecular flexibility index (Phi) is 40.4. The third-order valence-corrected chi connectivity index (χ3v) is 9.38. The van der Waals surface area contributed by atoms with Gasteiger partial charge in [-0.15, -0.1) is 0 Å². The first-order chi connectivity index (χ1) is 25.9. The summed E-state index contributed by atoms with van der Waals surface area (Å²) in [6.07, 6.45) is 22.8. The molecule has 0 aromatic heterocycles. The van der Waals surface area contributed by atoms with Crippen molar-refractivity contribution in [2.75, 3.05) is 33.0 Å². The Morgan fingerprint density at radius 1 is 0.625 bits per heavy atom. The summed E-state index contributed by atoms with van der Waals surface area (Å²) < 4.78 is 26.9. The molecule has 0 aromatic rings. The molecule has 0 aliphatic carbocycles. The van der Waals surface area contributed by atoms with Gasteiger partial charge in [0, 0.05) is 40.3 Å². The second-order valence-corrected chi connectivity index (χ2v) is 14.6. The molecule has 56 heavy (non-hydrogen) atoms. The number of carbonyl (C=O) groups excluding carboxylic acids is 4. The normalized spacial score (nSPS) is 14.6. The zero-order valence-electron chi connectivity index (χ0n) is 36.2. The predicted octanol–water partition coefficient (Wildman–Crippen LogP) is 10.6. The Labute approximate surface area is 357 Å². The first-order valence-electron chi connectivity index (χ1n) is 21.0. The molecule has 3 atom stereocenters. The standard InChI is InChI=1S/C33H56NO8.C11H21O.CH3.W/c1-6-8-10-12-14-16-18-26(3)40-23-29(20-32(37)39-19-17-15-13-11-9-7-2)21-33(38)42-25-31-22-30(24-41-28(5)36)34(31)27(4)35;1-4-5-6-7-8-9-10-12-11(2)3;;/h29-31H,3,5-25H2,1-2,4H3;2-10H2,1H3;1H3;/q3*-1;. The second-order valence-electron chi connectivity index (χ2n) is 14.6. The van der Waals surface area contributed by atoms with Crippen LogP contribution in [0.4, 0.5) is 0 Å². The maximum atomic E-state index is 12.7. The number of likely N-dealkylation sites (tertiary alicyclic amines) is 1. The van der Waals surface area contributed by atoms with Gasteiger partial charge in [-0.2, -0.15) is 0 Å². The number of hydrogen-bond donors (Lipinski definition) is 0. The first-order valence-corrected chi connectivity index (χ1v) is 21.0. The summed E-state index contributed by atoms with van der Waals surface area (Å²) in [5.74, 6) is -0.822. The number of unbranched alkanes of at least 4 members (excludes halogenated alkanes) is 15. The van der Waals surface area contributed by atoms with Crippen molar-refractivity contribution in [3.05, 3.63) is 46.0 Å². The van der Waals surface area contributed by atoms with E-state index in [0.29, 0.717) is 24.5 Å². The number of amides is 1. The molecule has 10 nitrogen and oxygen atoms in total. The third kappa shape index (κ3) is 33.5. The van der Waals surface area contributed by atoms with Gasteiger partial charge < -0.3 is 36.0 Å². The maximum absolute atomic E-state index is 12.7. The minimum absolute atomic E-state index is 0. The van der Waals surface area contributed by atoms with Gasteiger partial charge in [0.2, 0.25) is 5.91 Å². The van der Waals surface area contributed by atoms with Gasteiger partial charge in [-0.3, -0.25) is 26.1 Å². The maximum Gasteiger partial charge on any atom is 0.306 e. The van der Waals surface area contributed by atoms with E-state index in [2.05, 4.69) is 47.8 Å². The topological polar surface area (TPSA) is 118 Å². The van der Waals surface area contributed by atoms with Crippen LogP contribution in [0.15, 0.2) is 24.7 Å². The van der Waals surface area contributed by atoms with Crippen molar-refractivity contribution in [2.45, 2.75) is 181 Å². The minimum atomic E-state index is -0.651. The van der Waals surface area contributed by atoms with E-state index in [4.69, 9.17) is 23.7 Å². The fourth-order valence-electron chi connectivity index (χ4n) is 6.25. The SMILES string of the molecule is C=C(CCCCCCCC)OCC(CC(=O)OCCCCCCCC)CC(=O)OCC1CC(COC([CH2-])=O)N1C(C)=O.C=C([CH2-])OCCCCCCCC.[CH3-].[W]. The molecule has 0 spiro atoms. The molecule has 1 rings (SSSR count). The van der Waals surface area contributed by atoms with Gasteiger partial charge in [0.1, 0.15) is 13.2 Å². The van der Waals surface area contributed by atoms with E-state index >= 15 is 0 Å². The number of carbonyl (C=O) groups is 4. The Balaban J connectivity index is -0.00000172. The van der Waals surface area contributed by atoms with E-state index in [9.17, 15) is 19.2 Å². The number of nitrogens with zero attached hydrogens (tertiary/aromatic N) is 1. The van der Waals surface area contributed by atoms with Crippen LogP contribution in [-0.4, -0.2) is 73.8 Å². The quantitative estimate of drug-likeness (QED) is 0.0208. The Morgan fingerprint density at radius 2 is 1.05 bits per heavy atom. The molecule has 1 amide bonds. The Hall–Kier alpha value is -2.61. The molecule has 0 aromatic carbocycles. The van der Waals surface area contributed by atoms with Crippen LogP contribution in [0.25, 0.3) is 0 Å². The molecule has 11 heteroatoms. The van der Waals surface area contributed by atoms with E-state index in [-0.39, 0.29) is 85.1 Å². The summed E-state index contributed by atoms with van der Waals surface area (Å²) in [5, 5.41) is 0. The summed E-state index contributed by atoms with van der Waals surface area (Å²) in [4.78, 5) is 49.9. The summed E-state index contributed by atoms with van der Waals surface area (Å²) in [7, 11) is 0. The van der Waals surface area contributed by atoms with E-state index in [0.717, 1.165) is 51.6 Å². The minimum Gasteiger partial charge on any atom is -0.532 e. The van der Waals surface area contributed by atoms with E-state index in [1.54, 1.807) is 4.90 Å². The summed E-state index contributed by atoms with van der Waals surface area (Å²) >= 11 is 0. The third-order valence-electron chi connectivity index (χ3n) is 9.38. The number of ether oxygens (including phenoxy) is 5. The van der Waals surface area contributed by atoms with Crippen molar-refractivity contribution < 1.29 is 63.9 Å². The predicted molar refractivity (Wildman–Crippen MR) is 222 cm³/mol. The van der Waals surface area contributed by atoms with Crippen molar-refractivity contribution in [1.82, 2.24) is 4.90 Å². The van der Waals surface area contributed by atoms with Gasteiger partial charge in [0.05, 0.1) is 50.5 Å². The van der Waals surface area contributed by atoms with E-state index < -0.39 is 17.9 Å². The average molecular weight is 963 g/mol. The molecule has 1 heterocycles. The largest absolute Gasteiger partial charge is 0.532 e. The van der Waals surface area contributed by atoms with Gasteiger partial charge in [0.25, 0.3) is 0 Å². The molecule has 0 bridgehead atoms. The van der Waals surface area contributed by atoms with Gasteiger partial charge >= 0.3 is 11.9 Å². The van der Waals surface area contributed by atoms with Crippen LogP contribution in [0, 0.1) is 27.2 Å². The molecule has 1 aliphatic rings. The van der Waals surface area contributed by atoms with Gasteiger partial charge in [-0.05, 0) is 25.7 Å². The molecule has 1 fully saturated rings. The molecule has 328 valence electrons. The fraction of sp³-hybridized carbons (Fsp3) is 0.756. The van der Waals surface area contributed by atoms with Gasteiger partial charge in [-0.1, -0.05) is 129 Å². The molecular formula is C45H80NO9W-3. The van der Waals surface area contributed by atoms with Crippen LogP contribution < -0.4 is 0 Å². The van der Waals surface area contributed by atoms with Crippen molar-refractivity contribution >= 4 is 23.8 Å². The van der Waals surface area contributed by atoms with Crippen LogP contribution in [0.3, 0.4) is 0 Å². The van der Waals surface area contributed by atoms with Gasteiger partial charge in [-0.25, -0.2) is 13.5 Å². The molecule has 1 saturated heterocycles. The molecule has 0 N–H and O–H groups in total. The van der Waals surface area contributed by atoms with Gasteiger partial charge in [0.15, 0.2) is 5.97 Å². The average Bonchev–Trinajstić information content (AvgIpc) is 3.10. The molecular weight excluding hydrogens is 882 g/mol. The van der Waals surface area contributed by atoms with Crippen LogP contribution in [0.5, 0.6) is 0 Å². The zero-order chi connectivity index (χ0) is 40.4.